The van der Waals surface area contributed by atoms with Gasteiger partial charge in [0.2, 0.25) is 0 Å². The second-order valence-corrected chi connectivity index (χ2v) is 15.9. The maximum absolute atomic E-state index is 13.4. The number of carbonyl (C=O) groups is 1. The molecule has 0 aliphatic heterocycles. The van der Waals surface area contributed by atoms with Crippen molar-refractivity contribution in [3.63, 3.8) is 0 Å². The number of Topliss-reactive ketones (excluding diaryl/α,β-unsaturated/α-hetero) is 1. The van der Waals surface area contributed by atoms with Crippen LogP contribution in [0, 0.1) is 33.5 Å². The Hall–Kier alpha value is -1.85. The van der Waals surface area contributed by atoms with Gasteiger partial charge in [0.05, 0.1) is 23.0 Å². The van der Waals surface area contributed by atoms with Gasteiger partial charge in [-0.3, -0.25) is 13.9 Å². The van der Waals surface area contributed by atoms with Crippen LogP contribution in [-0.4, -0.2) is 54.4 Å². The van der Waals surface area contributed by atoms with Gasteiger partial charge in [0.25, 0.3) is 20.2 Å². The Morgan fingerprint density at radius 1 is 0.816 bits per heavy atom. The summed E-state index contributed by atoms with van der Waals surface area (Å²) in [7, 11) is -8.59. The predicted molar refractivity (Wildman–Crippen MR) is 144 cm³/mol. The molecule has 10 heteroatoms. The van der Waals surface area contributed by atoms with Crippen LogP contribution in [0.5, 0.6) is 0 Å². The molecule has 208 valence electrons. The summed E-state index contributed by atoms with van der Waals surface area (Å²) in [5, 5.41) is 11.2. The van der Waals surface area contributed by atoms with Crippen LogP contribution in [-0.2, 0) is 25.0 Å². The minimum Gasteiger partial charge on any atom is -0.388 e. The van der Waals surface area contributed by atoms with E-state index >= 15 is 0 Å². The number of rotatable bonds is 6. The highest BCUT2D eigenvalue weighted by Crippen LogP contribution is 2.68. The lowest BCUT2D eigenvalue weighted by Crippen LogP contribution is -2.44. The van der Waals surface area contributed by atoms with Crippen molar-refractivity contribution in [1.29, 1.82) is 0 Å². The molecule has 0 spiro atoms. The van der Waals surface area contributed by atoms with E-state index in [9.17, 15) is 35.8 Å². The average molecular weight is 565 g/mol. The molecule has 1 aromatic carbocycles. The normalized spacial score (nSPS) is 37.6. The SMILES string of the molecule is CC1(C)C2CCC1(CS(=O)(=O)O)C(=O)/C2=C\c1ccc(/C=C2/C3CCC(CS(=O)(=O)O)(C2O)C3(C)C)cc1. The largest absolute Gasteiger partial charge is 0.388 e. The lowest BCUT2D eigenvalue weighted by atomic mass is 9.70. The second-order valence-electron chi connectivity index (χ2n) is 13.0. The molecule has 3 N–H and O–H groups in total. The first-order valence-corrected chi connectivity index (χ1v) is 16.2. The standard InChI is InChI=1S/C28H36O8S2/c1-25(2)21-9-11-27(25,15-37(31,32)33)23(29)19(21)13-17-5-7-18(8-6-17)14-20-22-10-12-28(24(20)30,26(22,3)4)16-38(34,35)36/h5-8,13-14,21-23,29H,9-12,15-16H2,1-4H3,(H,31,32,33)(H,34,35,36)/b19-13-,20-14-. The molecular weight excluding hydrogens is 528 g/mol. The first kappa shape index (κ1) is 27.7. The molecule has 5 unspecified atom stereocenters. The van der Waals surface area contributed by atoms with Gasteiger partial charge in [-0.2, -0.15) is 16.8 Å². The van der Waals surface area contributed by atoms with Gasteiger partial charge >= 0.3 is 0 Å². The van der Waals surface area contributed by atoms with Gasteiger partial charge in [-0.1, -0.05) is 58.0 Å². The van der Waals surface area contributed by atoms with Gasteiger partial charge in [-0.15, -0.1) is 0 Å². The number of aliphatic hydroxyl groups is 1. The van der Waals surface area contributed by atoms with Crippen molar-refractivity contribution in [2.24, 2.45) is 33.5 Å². The Labute approximate surface area is 224 Å². The number of ketones is 1. The average Bonchev–Trinajstić information content (AvgIpc) is 3.27. The Kier molecular flexibility index (Phi) is 6.07. The Morgan fingerprint density at radius 2 is 1.34 bits per heavy atom. The van der Waals surface area contributed by atoms with E-state index < -0.39 is 59.5 Å². The van der Waals surface area contributed by atoms with Crippen molar-refractivity contribution in [1.82, 2.24) is 0 Å². The van der Waals surface area contributed by atoms with E-state index in [1.54, 1.807) is 0 Å². The molecule has 38 heavy (non-hydrogen) atoms. The molecule has 4 fully saturated rings. The molecule has 5 atom stereocenters. The fraction of sp³-hybridized carbons (Fsp3) is 0.607. The molecular formula is C28H36O8S2. The summed E-state index contributed by atoms with van der Waals surface area (Å²) in [5.41, 5.74) is -0.156. The molecule has 4 saturated carbocycles. The number of allylic oxidation sites excluding steroid dienone is 1. The maximum Gasteiger partial charge on any atom is 0.265 e. The smallest absolute Gasteiger partial charge is 0.265 e. The number of fused-ring (bicyclic) bond motifs is 4. The molecule has 4 bridgehead atoms. The number of carbonyl (C=O) groups excluding carboxylic acids is 1. The van der Waals surface area contributed by atoms with E-state index in [-0.39, 0.29) is 17.6 Å². The minimum atomic E-state index is -4.32. The van der Waals surface area contributed by atoms with Gasteiger partial charge in [-0.25, -0.2) is 0 Å². The lowest BCUT2D eigenvalue weighted by molar-refractivity contribution is -0.125. The van der Waals surface area contributed by atoms with E-state index in [2.05, 4.69) is 0 Å². The van der Waals surface area contributed by atoms with E-state index in [0.29, 0.717) is 24.8 Å². The number of aliphatic hydroxyl groups excluding tert-OH is 1. The topological polar surface area (TPSA) is 146 Å². The second kappa shape index (κ2) is 8.33. The van der Waals surface area contributed by atoms with Gasteiger partial charge in [-0.05, 0) is 71.1 Å². The number of hydrogen-bond donors (Lipinski definition) is 3. The van der Waals surface area contributed by atoms with Gasteiger partial charge in [0.15, 0.2) is 5.78 Å². The van der Waals surface area contributed by atoms with Crippen molar-refractivity contribution in [2.45, 2.75) is 59.5 Å². The van der Waals surface area contributed by atoms with E-state index in [1.807, 2.05) is 64.1 Å². The quantitative estimate of drug-likeness (QED) is 0.347. The van der Waals surface area contributed by atoms with Gasteiger partial charge in [0, 0.05) is 11.0 Å². The molecule has 0 saturated heterocycles. The highest BCUT2D eigenvalue weighted by Gasteiger charge is 2.68. The molecule has 8 nitrogen and oxygen atoms in total. The van der Waals surface area contributed by atoms with Crippen LogP contribution >= 0.6 is 0 Å². The van der Waals surface area contributed by atoms with Crippen molar-refractivity contribution in [3.8, 4) is 0 Å². The molecule has 5 rings (SSSR count). The van der Waals surface area contributed by atoms with Crippen molar-refractivity contribution < 1.29 is 35.8 Å². The third-order valence-electron chi connectivity index (χ3n) is 10.8. The first-order valence-electron chi connectivity index (χ1n) is 13.0. The Bertz CT molecular complexity index is 1470. The highest BCUT2D eigenvalue weighted by atomic mass is 32.2. The summed E-state index contributed by atoms with van der Waals surface area (Å²) in [6.07, 6.45) is 5.11. The third kappa shape index (κ3) is 3.90. The number of hydrogen-bond acceptors (Lipinski definition) is 6. The zero-order valence-corrected chi connectivity index (χ0v) is 23.8. The summed E-state index contributed by atoms with van der Waals surface area (Å²) in [4.78, 5) is 13.4. The molecule has 4 aliphatic rings. The summed E-state index contributed by atoms with van der Waals surface area (Å²) in [6.45, 7) is 7.72. The Balaban J connectivity index is 1.43. The predicted octanol–water partition coefficient (Wildman–Crippen LogP) is 4.03. The summed E-state index contributed by atoms with van der Waals surface area (Å²) in [6, 6.07) is 7.47. The van der Waals surface area contributed by atoms with Crippen LogP contribution in [0.4, 0.5) is 0 Å². The van der Waals surface area contributed by atoms with Crippen LogP contribution in [0.15, 0.2) is 35.4 Å². The van der Waals surface area contributed by atoms with Crippen molar-refractivity contribution in [2.75, 3.05) is 11.5 Å². The van der Waals surface area contributed by atoms with Crippen molar-refractivity contribution in [3.05, 3.63) is 46.5 Å². The number of benzene rings is 1. The van der Waals surface area contributed by atoms with Gasteiger partial charge < -0.3 is 5.11 Å². The molecule has 0 heterocycles. The van der Waals surface area contributed by atoms with Crippen LogP contribution in [0.3, 0.4) is 0 Å². The van der Waals surface area contributed by atoms with Gasteiger partial charge in [0.1, 0.15) is 0 Å². The Morgan fingerprint density at radius 3 is 1.89 bits per heavy atom. The van der Waals surface area contributed by atoms with Crippen LogP contribution < -0.4 is 0 Å². The zero-order chi connectivity index (χ0) is 28.1. The van der Waals surface area contributed by atoms with E-state index in [0.717, 1.165) is 23.1 Å². The fourth-order valence-corrected chi connectivity index (χ4v) is 11.1. The maximum atomic E-state index is 13.4. The fourth-order valence-electron chi connectivity index (χ4n) is 8.51. The molecule has 0 aromatic heterocycles. The molecule has 0 radical (unpaired) electrons. The summed E-state index contributed by atoms with van der Waals surface area (Å²) < 4.78 is 66.3. The van der Waals surface area contributed by atoms with Crippen LogP contribution in [0.1, 0.15) is 64.5 Å². The monoisotopic (exact) mass is 564 g/mol. The minimum absolute atomic E-state index is 0.00562. The third-order valence-corrected chi connectivity index (χ3v) is 12.5. The van der Waals surface area contributed by atoms with E-state index in [1.165, 1.54) is 0 Å². The zero-order valence-electron chi connectivity index (χ0n) is 22.1. The summed E-state index contributed by atoms with van der Waals surface area (Å²) in [5.74, 6) is -1.35. The molecule has 4 aliphatic carbocycles. The molecule has 1 aromatic rings. The highest BCUT2D eigenvalue weighted by molar-refractivity contribution is 7.86. The lowest BCUT2D eigenvalue weighted by Gasteiger charge is -2.39. The first-order chi connectivity index (χ1) is 17.3. The van der Waals surface area contributed by atoms with Crippen LogP contribution in [0.25, 0.3) is 12.2 Å². The summed E-state index contributed by atoms with van der Waals surface area (Å²) >= 11 is 0. The van der Waals surface area contributed by atoms with E-state index in [4.69, 9.17) is 0 Å². The van der Waals surface area contributed by atoms with Crippen molar-refractivity contribution >= 4 is 38.2 Å². The van der Waals surface area contributed by atoms with Crippen LogP contribution in [0.2, 0.25) is 0 Å². The molecule has 0 amide bonds.